The SMILES string of the molecule is Cc1sc(NC(=O)c2ccc(CN3CCOCC3)cc2)nc1-c1ccc(Br)cc1. The summed E-state index contributed by atoms with van der Waals surface area (Å²) in [5.74, 6) is -0.140. The maximum Gasteiger partial charge on any atom is 0.257 e. The quantitative estimate of drug-likeness (QED) is 0.570. The molecular formula is C22H22BrN3O2S. The Morgan fingerprint density at radius 3 is 2.52 bits per heavy atom. The summed E-state index contributed by atoms with van der Waals surface area (Å²) in [6, 6.07) is 15.8. The van der Waals surface area contributed by atoms with Gasteiger partial charge in [-0.15, -0.1) is 11.3 Å². The van der Waals surface area contributed by atoms with Crippen LogP contribution < -0.4 is 5.32 Å². The van der Waals surface area contributed by atoms with Gasteiger partial charge in [0.1, 0.15) is 0 Å². The molecule has 1 saturated heterocycles. The zero-order chi connectivity index (χ0) is 20.2. The van der Waals surface area contributed by atoms with Crippen LogP contribution in [0.1, 0.15) is 20.8 Å². The van der Waals surface area contributed by atoms with Crippen LogP contribution in [0.25, 0.3) is 11.3 Å². The van der Waals surface area contributed by atoms with Crippen molar-refractivity contribution in [3.63, 3.8) is 0 Å². The second-order valence-electron chi connectivity index (χ2n) is 6.97. The van der Waals surface area contributed by atoms with E-state index in [1.165, 1.54) is 16.9 Å². The number of benzene rings is 2. The Morgan fingerprint density at radius 1 is 1.14 bits per heavy atom. The first-order valence-corrected chi connectivity index (χ1v) is 11.1. The Labute approximate surface area is 182 Å². The van der Waals surface area contributed by atoms with Crippen LogP contribution in [-0.2, 0) is 11.3 Å². The molecule has 1 amide bonds. The number of carbonyl (C=O) groups excluding carboxylic acids is 1. The molecule has 2 aromatic carbocycles. The van der Waals surface area contributed by atoms with Gasteiger partial charge in [-0.2, -0.15) is 0 Å². The van der Waals surface area contributed by atoms with Crippen LogP contribution in [0.15, 0.2) is 53.0 Å². The van der Waals surface area contributed by atoms with Gasteiger partial charge < -0.3 is 4.74 Å². The number of thiazole rings is 1. The van der Waals surface area contributed by atoms with Crippen molar-refractivity contribution >= 4 is 38.3 Å². The molecular weight excluding hydrogens is 450 g/mol. The number of ether oxygens (including phenoxy) is 1. The molecule has 1 fully saturated rings. The first-order valence-electron chi connectivity index (χ1n) is 9.52. The number of amides is 1. The van der Waals surface area contributed by atoms with Crippen molar-refractivity contribution in [2.75, 3.05) is 31.6 Å². The summed E-state index contributed by atoms with van der Waals surface area (Å²) in [7, 11) is 0. The lowest BCUT2D eigenvalue weighted by Crippen LogP contribution is -2.35. The van der Waals surface area contributed by atoms with Gasteiger partial charge in [0, 0.05) is 40.1 Å². The third-order valence-electron chi connectivity index (χ3n) is 4.86. The minimum Gasteiger partial charge on any atom is -0.379 e. The lowest BCUT2D eigenvalue weighted by molar-refractivity contribution is 0.0342. The average molecular weight is 472 g/mol. The fourth-order valence-corrected chi connectivity index (χ4v) is 4.37. The first-order chi connectivity index (χ1) is 14.1. The Hall–Kier alpha value is -2.06. The second-order valence-corrected chi connectivity index (χ2v) is 9.09. The van der Waals surface area contributed by atoms with Crippen LogP contribution in [0, 0.1) is 6.92 Å². The highest BCUT2D eigenvalue weighted by Crippen LogP contribution is 2.31. The van der Waals surface area contributed by atoms with Gasteiger partial charge in [0.05, 0.1) is 18.9 Å². The number of carbonyl (C=O) groups is 1. The molecule has 5 nitrogen and oxygen atoms in total. The molecule has 1 aliphatic heterocycles. The predicted molar refractivity (Wildman–Crippen MR) is 120 cm³/mol. The van der Waals surface area contributed by atoms with E-state index in [2.05, 4.69) is 31.1 Å². The van der Waals surface area contributed by atoms with Gasteiger partial charge in [-0.05, 0) is 36.8 Å². The standard InChI is InChI=1S/C22H22BrN3O2S/c1-15-20(17-6-8-19(23)9-7-17)24-22(29-15)25-21(27)18-4-2-16(3-5-18)14-26-10-12-28-13-11-26/h2-9H,10-14H2,1H3,(H,24,25,27). The summed E-state index contributed by atoms with van der Waals surface area (Å²) >= 11 is 4.94. The van der Waals surface area contributed by atoms with Crippen molar-refractivity contribution in [2.45, 2.75) is 13.5 Å². The normalized spacial score (nSPS) is 14.7. The first kappa shape index (κ1) is 20.2. The van der Waals surface area contributed by atoms with Crippen LogP contribution in [0.2, 0.25) is 0 Å². The molecule has 1 aliphatic rings. The summed E-state index contributed by atoms with van der Waals surface area (Å²) in [6.45, 7) is 6.38. The van der Waals surface area contributed by atoms with E-state index in [0.29, 0.717) is 10.7 Å². The highest BCUT2D eigenvalue weighted by atomic mass is 79.9. The number of morpholine rings is 1. The number of anilines is 1. The van der Waals surface area contributed by atoms with E-state index in [1.54, 1.807) is 0 Å². The van der Waals surface area contributed by atoms with Gasteiger partial charge in [-0.25, -0.2) is 4.98 Å². The molecule has 0 unspecified atom stereocenters. The van der Waals surface area contributed by atoms with Crippen molar-refractivity contribution < 1.29 is 9.53 Å². The molecule has 4 rings (SSSR count). The molecule has 0 saturated carbocycles. The van der Waals surface area contributed by atoms with Gasteiger partial charge in [0.15, 0.2) is 5.13 Å². The average Bonchev–Trinajstić information content (AvgIpc) is 3.10. The Bertz CT molecular complexity index is 980. The minimum absolute atomic E-state index is 0.140. The molecule has 1 aromatic heterocycles. The largest absolute Gasteiger partial charge is 0.379 e. The molecule has 2 heterocycles. The van der Waals surface area contributed by atoms with Gasteiger partial charge in [-0.3, -0.25) is 15.0 Å². The number of hydrogen-bond donors (Lipinski definition) is 1. The highest BCUT2D eigenvalue weighted by Gasteiger charge is 2.14. The van der Waals surface area contributed by atoms with E-state index in [0.717, 1.165) is 53.5 Å². The number of rotatable bonds is 5. The molecule has 29 heavy (non-hydrogen) atoms. The van der Waals surface area contributed by atoms with Crippen molar-refractivity contribution in [3.8, 4) is 11.3 Å². The van der Waals surface area contributed by atoms with Crippen molar-refractivity contribution in [1.82, 2.24) is 9.88 Å². The number of aromatic nitrogens is 1. The van der Waals surface area contributed by atoms with Gasteiger partial charge in [-0.1, -0.05) is 40.2 Å². The molecule has 0 bridgehead atoms. The zero-order valence-electron chi connectivity index (χ0n) is 16.2. The number of nitrogens with zero attached hydrogens (tertiary/aromatic N) is 2. The fraction of sp³-hybridized carbons (Fsp3) is 0.273. The number of halogens is 1. The lowest BCUT2D eigenvalue weighted by atomic mass is 10.1. The molecule has 0 radical (unpaired) electrons. The minimum atomic E-state index is -0.140. The fourth-order valence-electron chi connectivity index (χ4n) is 3.27. The van der Waals surface area contributed by atoms with Crippen LogP contribution >= 0.6 is 27.3 Å². The zero-order valence-corrected chi connectivity index (χ0v) is 18.6. The van der Waals surface area contributed by atoms with Crippen LogP contribution in [-0.4, -0.2) is 42.1 Å². The Kier molecular flexibility index (Phi) is 6.40. The summed E-state index contributed by atoms with van der Waals surface area (Å²) in [5, 5.41) is 3.55. The lowest BCUT2D eigenvalue weighted by Gasteiger charge is -2.26. The van der Waals surface area contributed by atoms with Crippen molar-refractivity contribution in [3.05, 3.63) is 69.0 Å². The number of aryl methyl sites for hydroxylation is 1. The van der Waals surface area contributed by atoms with Gasteiger partial charge in [0.25, 0.3) is 5.91 Å². The van der Waals surface area contributed by atoms with Crippen LogP contribution in [0.4, 0.5) is 5.13 Å². The molecule has 3 aromatic rings. The maximum atomic E-state index is 12.6. The number of nitrogens with one attached hydrogen (secondary N) is 1. The topological polar surface area (TPSA) is 54.5 Å². The smallest absolute Gasteiger partial charge is 0.257 e. The van der Waals surface area contributed by atoms with Crippen LogP contribution in [0.5, 0.6) is 0 Å². The van der Waals surface area contributed by atoms with E-state index in [4.69, 9.17) is 4.74 Å². The van der Waals surface area contributed by atoms with E-state index < -0.39 is 0 Å². The van der Waals surface area contributed by atoms with Gasteiger partial charge in [0.2, 0.25) is 0 Å². The van der Waals surface area contributed by atoms with E-state index >= 15 is 0 Å². The van der Waals surface area contributed by atoms with Crippen molar-refractivity contribution in [1.29, 1.82) is 0 Å². The molecule has 7 heteroatoms. The monoisotopic (exact) mass is 471 g/mol. The maximum absolute atomic E-state index is 12.6. The Morgan fingerprint density at radius 2 is 1.83 bits per heavy atom. The van der Waals surface area contributed by atoms with E-state index in [1.807, 2.05) is 55.5 Å². The number of hydrogen-bond acceptors (Lipinski definition) is 5. The summed E-state index contributed by atoms with van der Waals surface area (Å²) < 4.78 is 6.41. The molecule has 150 valence electrons. The molecule has 0 aliphatic carbocycles. The summed E-state index contributed by atoms with van der Waals surface area (Å²) in [5.41, 5.74) is 3.77. The molecule has 1 N–H and O–H groups in total. The van der Waals surface area contributed by atoms with E-state index in [9.17, 15) is 4.79 Å². The molecule has 0 spiro atoms. The van der Waals surface area contributed by atoms with Gasteiger partial charge >= 0.3 is 0 Å². The second kappa shape index (κ2) is 9.17. The van der Waals surface area contributed by atoms with Crippen LogP contribution in [0.3, 0.4) is 0 Å². The van der Waals surface area contributed by atoms with Crippen molar-refractivity contribution in [2.24, 2.45) is 0 Å². The predicted octanol–water partition coefficient (Wildman–Crippen LogP) is 4.97. The summed E-state index contributed by atoms with van der Waals surface area (Å²) in [6.07, 6.45) is 0. The third kappa shape index (κ3) is 5.11. The Balaban J connectivity index is 1.41. The summed E-state index contributed by atoms with van der Waals surface area (Å²) in [4.78, 5) is 20.7. The van der Waals surface area contributed by atoms with E-state index in [-0.39, 0.29) is 5.91 Å². The highest BCUT2D eigenvalue weighted by molar-refractivity contribution is 9.10. The third-order valence-corrected chi connectivity index (χ3v) is 6.28. The molecule has 0 atom stereocenters.